The molecule has 1 fully saturated rings. The summed E-state index contributed by atoms with van der Waals surface area (Å²) in [7, 11) is 0. The average molecular weight is 372 g/mol. The molecular formula is C19H24N4O4. The molecule has 1 saturated carbocycles. The Labute approximate surface area is 156 Å². The molecule has 1 aromatic heterocycles. The van der Waals surface area contributed by atoms with Crippen molar-refractivity contribution < 1.29 is 9.90 Å². The van der Waals surface area contributed by atoms with Gasteiger partial charge < -0.3 is 20.7 Å². The quantitative estimate of drug-likeness (QED) is 0.515. The fourth-order valence-electron chi connectivity index (χ4n) is 3.56. The maximum atomic E-state index is 12.6. The van der Waals surface area contributed by atoms with Gasteiger partial charge in [0.2, 0.25) is 0 Å². The van der Waals surface area contributed by atoms with E-state index in [-0.39, 0.29) is 30.6 Å². The van der Waals surface area contributed by atoms with E-state index in [0.717, 1.165) is 25.7 Å². The summed E-state index contributed by atoms with van der Waals surface area (Å²) >= 11 is 0. The van der Waals surface area contributed by atoms with Crippen LogP contribution in [-0.2, 0) is 0 Å². The van der Waals surface area contributed by atoms with E-state index in [1.165, 1.54) is 5.56 Å². The van der Waals surface area contributed by atoms with E-state index in [4.69, 9.17) is 5.11 Å². The highest BCUT2D eigenvalue weighted by Gasteiger charge is 2.25. The predicted octanol–water partition coefficient (Wildman–Crippen LogP) is 0.924. The summed E-state index contributed by atoms with van der Waals surface area (Å²) < 4.78 is 0. The molecular weight excluding hydrogens is 348 g/mol. The number of hydrogen-bond donors (Lipinski definition) is 5. The lowest BCUT2D eigenvalue weighted by atomic mass is 9.82. The van der Waals surface area contributed by atoms with E-state index in [9.17, 15) is 14.4 Å². The summed E-state index contributed by atoms with van der Waals surface area (Å²) in [4.78, 5) is 40.6. The number of aliphatic hydroxyl groups is 1. The average Bonchev–Trinajstić information content (AvgIpc) is 2.68. The minimum atomic E-state index is -0.743. The normalized spacial score (nSPS) is 19.4. The number of H-pyrrole nitrogens is 2. The van der Waals surface area contributed by atoms with Crippen LogP contribution >= 0.6 is 0 Å². The molecule has 0 spiro atoms. The van der Waals surface area contributed by atoms with Crippen LogP contribution in [0.1, 0.15) is 47.7 Å². The number of nitrogens with one attached hydrogen (secondary N) is 4. The highest BCUT2D eigenvalue weighted by atomic mass is 16.3. The summed E-state index contributed by atoms with van der Waals surface area (Å²) in [6.07, 6.45) is 3.60. The third-order valence-electron chi connectivity index (χ3n) is 4.92. The standard InChI is InChI=1S/C19H24N4O4/c24-11-10-20-15-16(22-19(27)23-17(15)25)18(26)21-14-8-6-13(7-9-14)12-4-2-1-3-5-12/h1-5,13-14,20,24H,6-11H2,(H,21,26)(H2,22,23,25,27). The summed E-state index contributed by atoms with van der Waals surface area (Å²) in [5.74, 6) is -0.0117. The Morgan fingerprint density at radius 1 is 1.07 bits per heavy atom. The highest BCUT2D eigenvalue weighted by molar-refractivity contribution is 5.97. The Bertz CT molecular complexity index is 883. The minimum Gasteiger partial charge on any atom is -0.395 e. The van der Waals surface area contributed by atoms with Crippen molar-refractivity contribution >= 4 is 11.6 Å². The summed E-state index contributed by atoms with van der Waals surface area (Å²) in [5.41, 5.74) is -0.268. The minimum absolute atomic E-state index is 0.00839. The zero-order valence-electron chi connectivity index (χ0n) is 15.0. The van der Waals surface area contributed by atoms with E-state index >= 15 is 0 Å². The second-order valence-electron chi connectivity index (χ2n) is 6.74. The van der Waals surface area contributed by atoms with Crippen molar-refractivity contribution in [1.82, 2.24) is 15.3 Å². The number of aromatic nitrogens is 2. The van der Waals surface area contributed by atoms with Crippen LogP contribution in [0.3, 0.4) is 0 Å². The van der Waals surface area contributed by atoms with Crippen molar-refractivity contribution in [2.24, 2.45) is 0 Å². The van der Waals surface area contributed by atoms with Crippen LogP contribution in [0.4, 0.5) is 5.69 Å². The number of hydrogen-bond acceptors (Lipinski definition) is 5. The molecule has 0 atom stereocenters. The number of amides is 1. The molecule has 1 amide bonds. The van der Waals surface area contributed by atoms with Crippen molar-refractivity contribution in [2.45, 2.75) is 37.6 Å². The zero-order valence-corrected chi connectivity index (χ0v) is 15.0. The Balaban J connectivity index is 1.66. The van der Waals surface area contributed by atoms with Crippen LogP contribution in [0.25, 0.3) is 0 Å². The molecule has 1 aliphatic rings. The van der Waals surface area contributed by atoms with Gasteiger partial charge in [-0.3, -0.25) is 14.6 Å². The van der Waals surface area contributed by atoms with Crippen LogP contribution in [0.5, 0.6) is 0 Å². The molecule has 0 saturated heterocycles. The van der Waals surface area contributed by atoms with E-state index < -0.39 is 17.2 Å². The van der Waals surface area contributed by atoms with Gasteiger partial charge in [-0.1, -0.05) is 30.3 Å². The number of benzene rings is 1. The molecule has 8 heteroatoms. The van der Waals surface area contributed by atoms with E-state index in [2.05, 4.69) is 32.7 Å². The largest absolute Gasteiger partial charge is 0.395 e. The lowest BCUT2D eigenvalue weighted by Crippen LogP contribution is -2.40. The molecule has 144 valence electrons. The summed E-state index contributed by atoms with van der Waals surface area (Å²) in [6, 6.07) is 10.3. The van der Waals surface area contributed by atoms with Gasteiger partial charge in [0.1, 0.15) is 11.4 Å². The number of carbonyl (C=O) groups is 1. The number of rotatable bonds is 6. The topological polar surface area (TPSA) is 127 Å². The van der Waals surface area contributed by atoms with Crippen LogP contribution in [0.2, 0.25) is 0 Å². The molecule has 8 nitrogen and oxygen atoms in total. The Morgan fingerprint density at radius 2 is 1.78 bits per heavy atom. The molecule has 0 bridgehead atoms. The molecule has 2 aromatic rings. The lowest BCUT2D eigenvalue weighted by molar-refractivity contribution is 0.0921. The number of carbonyl (C=O) groups excluding carboxylic acids is 1. The first-order chi connectivity index (χ1) is 13.1. The molecule has 3 rings (SSSR count). The van der Waals surface area contributed by atoms with Crippen molar-refractivity contribution in [1.29, 1.82) is 0 Å². The first-order valence-electron chi connectivity index (χ1n) is 9.15. The second kappa shape index (κ2) is 8.68. The fourth-order valence-corrected chi connectivity index (χ4v) is 3.56. The predicted molar refractivity (Wildman–Crippen MR) is 102 cm³/mol. The van der Waals surface area contributed by atoms with E-state index in [1.807, 2.05) is 18.2 Å². The Morgan fingerprint density at radius 3 is 2.44 bits per heavy atom. The SMILES string of the molecule is O=C(NC1CCC(c2ccccc2)CC1)c1[nH]c(=O)[nH]c(=O)c1NCCO. The van der Waals surface area contributed by atoms with Gasteiger partial charge in [-0.15, -0.1) is 0 Å². The lowest BCUT2D eigenvalue weighted by Gasteiger charge is -2.29. The number of aliphatic hydroxyl groups excluding tert-OH is 1. The fraction of sp³-hybridized carbons (Fsp3) is 0.421. The third-order valence-corrected chi connectivity index (χ3v) is 4.92. The van der Waals surface area contributed by atoms with Gasteiger partial charge in [-0.25, -0.2) is 4.79 Å². The molecule has 5 N–H and O–H groups in total. The van der Waals surface area contributed by atoms with Crippen molar-refractivity contribution in [3.05, 3.63) is 62.4 Å². The van der Waals surface area contributed by atoms with Crippen LogP contribution in [0.15, 0.2) is 39.9 Å². The highest BCUT2D eigenvalue weighted by Crippen LogP contribution is 2.32. The molecule has 27 heavy (non-hydrogen) atoms. The molecule has 1 aliphatic carbocycles. The van der Waals surface area contributed by atoms with Crippen LogP contribution in [-0.4, -0.2) is 40.2 Å². The monoisotopic (exact) mass is 372 g/mol. The van der Waals surface area contributed by atoms with Gasteiger partial charge in [0.25, 0.3) is 11.5 Å². The maximum Gasteiger partial charge on any atom is 0.326 e. The number of anilines is 1. The third kappa shape index (κ3) is 4.65. The van der Waals surface area contributed by atoms with Crippen molar-refractivity contribution in [2.75, 3.05) is 18.5 Å². The zero-order chi connectivity index (χ0) is 19.2. The van der Waals surface area contributed by atoms with Gasteiger partial charge in [0, 0.05) is 12.6 Å². The summed E-state index contributed by atoms with van der Waals surface area (Å²) in [5, 5.41) is 14.5. The molecule has 0 radical (unpaired) electrons. The molecule has 1 aromatic carbocycles. The number of aromatic amines is 2. The van der Waals surface area contributed by atoms with Crippen LogP contribution < -0.4 is 21.9 Å². The maximum absolute atomic E-state index is 12.6. The molecule has 1 heterocycles. The van der Waals surface area contributed by atoms with Crippen molar-refractivity contribution in [3.63, 3.8) is 0 Å². The van der Waals surface area contributed by atoms with Gasteiger partial charge in [0.15, 0.2) is 0 Å². The van der Waals surface area contributed by atoms with Gasteiger partial charge in [-0.05, 0) is 37.2 Å². The van der Waals surface area contributed by atoms with Gasteiger partial charge in [-0.2, -0.15) is 0 Å². The smallest absolute Gasteiger partial charge is 0.326 e. The van der Waals surface area contributed by atoms with Crippen LogP contribution in [0, 0.1) is 0 Å². The van der Waals surface area contributed by atoms with Gasteiger partial charge >= 0.3 is 5.69 Å². The summed E-state index contributed by atoms with van der Waals surface area (Å²) in [6.45, 7) is -0.110. The van der Waals surface area contributed by atoms with E-state index in [0.29, 0.717) is 5.92 Å². The first kappa shape index (κ1) is 18.9. The Hall–Kier alpha value is -2.87. The van der Waals surface area contributed by atoms with E-state index in [1.54, 1.807) is 0 Å². The van der Waals surface area contributed by atoms with Gasteiger partial charge in [0.05, 0.1) is 6.61 Å². The first-order valence-corrected chi connectivity index (χ1v) is 9.15. The Kier molecular flexibility index (Phi) is 6.08. The second-order valence-corrected chi connectivity index (χ2v) is 6.74. The van der Waals surface area contributed by atoms with Crippen molar-refractivity contribution in [3.8, 4) is 0 Å². The molecule has 0 aliphatic heterocycles. The molecule has 0 unspecified atom stereocenters.